The maximum absolute atomic E-state index is 12.4. The minimum atomic E-state index is -0.781. The van der Waals surface area contributed by atoms with Crippen LogP contribution in [0.15, 0.2) is 12.2 Å². The van der Waals surface area contributed by atoms with Crippen LogP contribution in [-0.4, -0.2) is 102 Å². The van der Waals surface area contributed by atoms with E-state index in [2.05, 4.69) is 35.0 Å². The predicted octanol–water partition coefficient (Wildman–Crippen LogP) is 3.36. The van der Waals surface area contributed by atoms with E-state index < -0.39 is 6.04 Å². The molecule has 5 N–H and O–H groups in total. The summed E-state index contributed by atoms with van der Waals surface area (Å²) in [4.78, 5) is 47.1. The fraction of sp³-hybridized carbons (Fsp3) is 0.824. The molecular formula is C34H64N4O8. The summed E-state index contributed by atoms with van der Waals surface area (Å²) in [6, 6.07) is -0.781. The third kappa shape index (κ3) is 31.6. The summed E-state index contributed by atoms with van der Waals surface area (Å²) in [5, 5.41) is 8.09. The number of carbonyl (C=O) groups is 4. The molecule has 0 rings (SSSR count). The maximum Gasteiger partial charge on any atom is 0.246 e. The van der Waals surface area contributed by atoms with Crippen LogP contribution >= 0.6 is 0 Å². The minimum absolute atomic E-state index is 0.0115. The lowest BCUT2D eigenvalue weighted by Gasteiger charge is -2.16. The van der Waals surface area contributed by atoms with Gasteiger partial charge in [-0.05, 0) is 39.0 Å². The Balaban J connectivity index is 3.64. The average Bonchev–Trinajstić information content (AvgIpc) is 3.03. The molecule has 0 saturated heterocycles. The molecule has 0 aliphatic rings. The van der Waals surface area contributed by atoms with Gasteiger partial charge in [0.05, 0.1) is 39.6 Å². The molecule has 0 unspecified atom stereocenters. The van der Waals surface area contributed by atoms with E-state index in [0.29, 0.717) is 32.8 Å². The second-order valence-corrected chi connectivity index (χ2v) is 11.4. The highest BCUT2D eigenvalue weighted by Crippen LogP contribution is 2.11. The molecule has 46 heavy (non-hydrogen) atoms. The van der Waals surface area contributed by atoms with Gasteiger partial charge in [0.1, 0.15) is 19.3 Å². The first-order valence-electron chi connectivity index (χ1n) is 17.4. The lowest BCUT2D eigenvalue weighted by atomic mass is 10.1. The van der Waals surface area contributed by atoms with Crippen LogP contribution in [0, 0.1) is 0 Å². The summed E-state index contributed by atoms with van der Waals surface area (Å²) in [7, 11) is 0. The van der Waals surface area contributed by atoms with Crippen LogP contribution in [0.2, 0.25) is 0 Å². The monoisotopic (exact) mass is 656 g/mol. The number of unbranched alkanes of at least 4 members (excludes halogenated alkanes) is 11. The standard InChI is InChI=1S/C34H64N4O8/c1-3-4-5-6-7-8-9-10-11-12-13-14-15-16-17-18-32(40)38-31(27-35)34(42)37-20-22-44-24-26-46-29-33(41)36-19-21-43-23-25-45-28-30(2)39/h13-14,31H,3-12,15-29,35H2,1-2H3,(H,36,41)(H,37,42)(H,38,40)/b14-13+/t31-/m0/s1. The third-order valence-corrected chi connectivity index (χ3v) is 6.95. The van der Waals surface area contributed by atoms with Gasteiger partial charge >= 0.3 is 0 Å². The van der Waals surface area contributed by atoms with Crippen LogP contribution in [0.25, 0.3) is 0 Å². The van der Waals surface area contributed by atoms with Gasteiger partial charge in [-0.2, -0.15) is 0 Å². The lowest BCUT2D eigenvalue weighted by molar-refractivity contribution is -0.129. The topological polar surface area (TPSA) is 167 Å². The fourth-order valence-electron chi connectivity index (χ4n) is 4.36. The first-order chi connectivity index (χ1) is 22.4. The molecule has 0 saturated carbocycles. The van der Waals surface area contributed by atoms with Crippen molar-refractivity contribution in [1.29, 1.82) is 0 Å². The van der Waals surface area contributed by atoms with E-state index in [0.717, 1.165) is 25.7 Å². The third-order valence-electron chi connectivity index (χ3n) is 6.95. The zero-order valence-corrected chi connectivity index (χ0v) is 28.8. The summed E-state index contributed by atoms with van der Waals surface area (Å²) < 4.78 is 21.0. The van der Waals surface area contributed by atoms with Crippen molar-refractivity contribution in [3.63, 3.8) is 0 Å². The Morgan fingerprint density at radius 2 is 1.15 bits per heavy atom. The molecule has 0 aromatic heterocycles. The zero-order valence-electron chi connectivity index (χ0n) is 28.8. The van der Waals surface area contributed by atoms with E-state index in [4.69, 9.17) is 24.7 Å². The molecule has 3 amide bonds. The van der Waals surface area contributed by atoms with E-state index in [1.165, 1.54) is 64.7 Å². The number of nitrogens with one attached hydrogen (secondary N) is 3. The smallest absolute Gasteiger partial charge is 0.246 e. The molecule has 12 heteroatoms. The van der Waals surface area contributed by atoms with E-state index in [1.807, 2.05) is 0 Å². The highest BCUT2D eigenvalue weighted by Gasteiger charge is 2.18. The summed E-state index contributed by atoms with van der Waals surface area (Å²) in [5.41, 5.74) is 5.70. The lowest BCUT2D eigenvalue weighted by Crippen LogP contribution is -2.51. The normalized spacial score (nSPS) is 11.9. The Hall–Kier alpha value is -2.38. The second kappa shape index (κ2) is 34.0. The van der Waals surface area contributed by atoms with Crippen LogP contribution in [0.3, 0.4) is 0 Å². The Kier molecular flexibility index (Phi) is 32.2. The van der Waals surface area contributed by atoms with Gasteiger partial charge in [0.2, 0.25) is 17.7 Å². The SMILES string of the molecule is CCCCCCCCCCC/C=C/CCCCC(=O)N[C@@H](CN)C(=O)NCCOCCOCC(=O)NCCOCCOCC(C)=O. The fourth-order valence-corrected chi connectivity index (χ4v) is 4.36. The van der Waals surface area contributed by atoms with Gasteiger partial charge < -0.3 is 40.6 Å². The van der Waals surface area contributed by atoms with Crippen molar-refractivity contribution in [2.75, 3.05) is 72.5 Å². The van der Waals surface area contributed by atoms with Gasteiger partial charge in [-0.25, -0.2) is 0 Å². The van der Waals surface area contributed by atoms with E-state index in [1.54, 1.807) is 0 Å². The molecule has 1 atom stereocenters. The van der Waals surface area contributed by atoms with Crippen molar-refractivity contribution in [3.8, 4) is 0 Å². The Labute approximate surface area is 277 Å². The number of carbonyl (C=O) groups excluding carboxylic acids is 4. The minimum Gasteiger partial charge on any atom is -0.377 e. The number of hydrogen-bond donors (Lipinski definition) is 4. The molecule has 0 aromatic rings. The van der Waals surface area contributed by atoms with Gasteiger partial charge in [0.15, 0.2) is 5.78 Å². The van der Waals surface area contributed by atoms with Crippen molar-refractivity contribution >= 4 is 23.5 Å². The first kappa shape index (κ1) is 43.6. The number of rotatable bonds is 34. The molecule has 0 aromatic carbocycles. The highest BCUT2D eigenvalue weighted by atomic mass is 16.5. The van der Waals surface area contributed by atoms with Crippen LogP contribution in [0.4, 0.5) is 0 Å². The Morgan fingerprint density at radius 1 is 0.630 bits per heavy atom. The summed E-state index contributed by atoms with van der Waals surface area (Å²) in [5.74, 6) is -0.833. The Morgan fingerprint density at radius 3 is 1.74 bits per heavy atom. The molecule has 0 bridgehead atoms. The summed E-state index contributed by atoms with van der Waals surface area (Å²) in [6.45, 7) is 6.02. The zero-order chi connectivity index (χ0) is 33.9. The molecule has 0 aliphatic heterocycles. The summed E-state index contributed by atoms with van der Waals surface area (Å²) >= 11 is 0. The second-order valence-electron chi connectivity index (χ2n) is 11.4. The number of nitrogens with two attached hydrogens (primary N) is 1. The number of ketones is 1. The van der Waals surface area contributed by atoms with Crippen molar-refractivity contribution in [3.05, 3.63) is 12.2 Å². The van der Waals surface area contributed by atoms with Gasteiger partial charge in [-0.1, -0.05) is 70.4 Å². The molecule has 0 aliphatic carbocycles. The van der Waals surface area contributed by atoms with Crippen molar-refractivity contribution in [2.45, 2.75) is 110 Å². The Bertz CT molecular complexity index is 797. The van der Waals surface area contributed by atoms with Crippen LogP contribution in [-0.2, 0) is 38.1 Å². The molecule has 0 spiro atoms. The number of allylic oxidation sites excluding steroid dienone is 2. The predicted molar refractivity (Wildman–Crippen MR) is 180 cm³/mol. The molecule has 12 nitrogen and oxygen atoms in total. The molecule has 0 radical (unpaired) electrons. The van der Waals surface area contributed by atoms with Gasteiger partial charge in [-0.15, -0.1) is 0 Å². The average molecular weight is 657 g/mol. The number of Topliss-reactive ketones (excluding diaryl/α,β-unsaturated/α-hetero) is 1. The quantitative estimate of drug-likeness (QED) is 0.0600. The summed E-state index contributed by atoms with van der Waals surface area (Å²) in [6.07, 6.45) is 20.7. The maximum atomic E-state index is 12.4. The van der Waals surface area contributed by atoms with Gasteiger partial charge in [0, 0.05) is 26.1 Å². The molecule has 268 valence electrons. The van der Waals surface area contributed by atoms with E-state index >= 15 is 0 Å². The largest absolute Gasteiger partial charge is 0.377 e. The number of ether oxygens (including phenoxy) is 4. The van der Waals surface area contributed by atoms with E-state index in [9.17, 15) is 19.2 Å². The van der Waals surface area contributed by atoms with Gasteiger partial charge in [-0.3, -0.25) is 19.2 Å². The van der Waals surface area contributed by atoms with Crippen LogP contribution in [0.5, 0.6) is 0 Å². The van der Waals surface area contributed by atoms with Crippen molar-refractivity contribution in [2.24, 2.45) is 5.73 Å². The van der Waals surface area contributed by atoms with Gasteiger partial charge in [0.25, 0.3) is 0 Å². The first-order valence-corrected chi connectivity index (χ1v) is 17.4. The number of hydrogen-bond acceptors (Lipinski definition) is 9. The number of amides is 3. The van der Waals surface area contributed by atoms with Crippen molar-refractivity contribution in [1.82, 2.24) is 16.0 Å². The molecular weight excluding hydrogens is 592 g/mol. The molecule has 0 fully saturated rings. The van der Waals surface area contributed by atoms with Crippen LogP contribution < -0.4 is 21.7 Å². The molecule has 0 heterocycles. The van der Waals surface area contributed by atoms with E-state index in [-0.39, 0.29) is 69.6 Å². The van der Waals surface area contributed by atoms with Crippen LogP contribution in [0.1, 0.15) is 104 Å². The highest BCUT2D eigenvalue weighted by molar-refractivity contribution is 5.87. The van der Waals surface area contributed by atoms with Crippen molar-refractivity contribution < 1.29 is 38.1 Å².